The number of hydrogen-bond acceptors (Lipinski definition) is 2. The van der Waals surface area contributed by atoms with E-state index in [1.54, 1.807) is 6.07 Å². The summed E-state index contributed by atoms with van der Waals surface area (Å²) >= 11 is 6.18. The van der Waals surface area contributed by atoms with Gasteiger partial charge in [-0.1, -0.05) is 23.7 Å². The van der Waals surface area contributed by atoms with Crippen molar-refractivity contribution in [3.8, 4) is 0 Å². The number of aryl methyl sites for hydroxylation is 1. The quantitative estimate of drug-likeness (QED) is 0.798. The van der Waals surface area contributed by atoms with Gasteiger partial charge in [0.25, 0.3) is 5.91 Å². The van der Waals surface area contributed by atoms with Gasteiger partial charge in [0.15, 0.2) is 0 Å². The molecule has 3 rings (SSSR count). The summed E-state index contributed by atoms with van der Waals surface area (Å²) < 4.78 is 0. The van der Waals surface area contributed by atoms with Crippen molar-refractivity contribution in [2.75, 3.05) is 13.1 Å². The number of aromatic nitrogens is 1. The Morgan fingerprint density at radius 1 is 1.32 bits per heavy atom. The monoisotopic (exact) mass is 274 g/mol. The number of halogens is 1. The van der Waals surface area contributed by atoms with Crippen LogP contribution in [0.1, 0.15) is 28.9 Å². The molecule has 1 aromatic carbocycles. The Hall–Kier alpha value is -1.61. The first kappa shape index (κ1) is 12.4. The lowest BCUT2D eigenvalue weighted by atomic mass is 10.1. The van der Waals surface area contributed by atoms with Crippen LogP contribution in [-0.2, 0) is 0 Å². The topological polar surface area (TPSA) is 33.2 Å². The second-order valence-corrected chi connectivity index (χ2v) is 5.35. The van der Waals surface area contributed by atoms with Gasteiger partial charge < -0.3 is 4.90 Å². The van der Waals surface area contributed by atoms with E-state index in [2.05, 4.69) is 4.98 Å². The average molecular weight is 275 g/mol. The highest BCUT2D eigenvalue weighted by Gasteiger charge is 2.22. The number of hydrogen-bond donors (Lipinski definition) is 0. The zero-order chi connectivity index (χ0) is 13.4. The predicted octanol–water partition coefficient (Wildman–Crippen LogP) is 3.43. The molecule has 1 aliphatic heterocycles. The number of carbonyl (C=O) groups is 1. The van der Waals surface area contributed by atoms with E-state index in [9.17, 15) is 4.79 Å². The van der Waals surface area contributed by atoms with E-state index in [1.807, 2.05) is 30.0 Å². The number of benzene rings is 1. The molecule has 0 saturated carbocycles. The Balaban J connectivity index is 2.17. The lowest BCUT2D eigenvalue weighted by Gasteiger charge is -2.17. The minimum Gasteiger partial charge on any atom is -0.339 e. The fourth-order valence-electron chi connectivity index (χ4n) is 2.61. The molecule has 4 heteroatoms. The molecule has 0 unspecified atom stereocenters. The van der Waals surface area contributed by atoms with Crippen LogP contribution in [0.3, 0.4) is 0 Å². The summed E-state index contributed by atoms with van der Waals surface area (Å²) in [6.07, 6.45) is 2.18. The highest BCUT2D eigenvalue weighted by atomic mass is 35.5. The smallest absolute Gasteiger partial charge is 0.254 e. The van der Waals surface area contributed by atoms with E-state index in [0.29, 0.717) is 16.1 Å². The molecule has 2 heterocycles. The van der Waals surface area contributed by atoms with Gasteiger partial charge in [0.1, 0.15) is 0 Å². The third kappa shape index (κ3) is 2.19. The number of amides is 1. The van der Waals surface area contributed by atoms with Crippen molar-refractivity contribution in [1.29, 1.82) is 0 Å². The highest BCUT2D eigenvalue weighted by molar-refractivity contribution is 6.35. The van der Waals surface area contributed by atoms with Crippen molar-refractivity contribution in [1.82, 2.24) is 9.88 Å². The zero-order valence-electron chi connectivity index (χ0n) is 10.8. The zero-order valence-corrected chi connectivity index (χ0v) is 11.6. The van der Waals surface area contributed by atoms with Gasteiger partial charge in [-0.2, -0.15) is 0 Å². The molecule has 0 N–H and O–H groups in total. The summed E-state index contributed by atoms with van der Waals surface area (Å²) in [5.41, 5.74) is 2.25. The van der Waals surface area contributed by atoms with Gasteiger partial charge in [0.05, 0.1) is 16.1 Å². The van der Waals surface area contributed by atoms with Crippen molar-refractivity contribution in [3.63, 3.8) is 0 Å². The molecule has 1 aromatic heterocycles. The fourth-order valence-corrected chi connectivity index (χ4v) is 2.83. The summed E-state index contributed by atoms with van der Waals surface area (Å²) in [6, 6.07) is 7.44. The molecule has 0 bridgehead atoms. The lowest BCUT2D eigenvalue weighted by Crippen LogP contribution is -2.27. The third-order valence-corrected chi connectivity index (χ3v) is 3.85. The van der Waals surface area contributed by atoms with E-state index in [-0.39, 0.29) is 5.91 Å². The van der Waals surface area contributed by atoms with Gasteiger partial charge in [-0.15, -0.1) is 0 Å². The van der Waals surface area contributed by atoms with Crippen molar-refractivity contribution < 1.29 is 4.79 Å². The number of carbonyl (C=O) groups excluding carboxylic acids is 1. The van der Waals surface area contributed by atoms with Crippen LogP contribution in [0, 0.1) is 6.92 Å². The van der Waals surface area contributed by atoms with E-state index in [4.69, 9.17) is 11.6 Å². The first-order valence-electron chi connectivity index (χ1n) is 6.52. The standard InChI is InChI=1S/C15H15ClN2O/c1-10-9-12(15(19)18-7-2-3-8-18)11-5-4-6-13(16)14(11)17-10/h4-6,9H,2-3,7-8H2,1H3. The van der Waals surface area contributed by atoms with Crippen LogP contribution >= 0.6 is 11.6 Å². The summed E-state index contributed by atoms with van der Waals surface area (Å²) in [5, 5.41) is 1.44. The van der Waals surface area contributed by atoms with Crippen LogP contribution in [0.4, 0.5) is 0 Å². The summed E-state index contributed by atoms with van der Waals surface area (Å²) in [7, 11) is 0. The minimum atomic E-state index is 0.0928. The van der Waals surface area contributed by atoms with Crippen molar-refractivity contribution in [3.05, 3.63) is 40.5 Å². The molecule has 0 aliphatic carbocycles. The van der Waals surface area contributed by atoms with Gasteiger partial charge in [0.2, 0.25) is 0 Å². The molecule has 1 aliphatic rings. The van der Waals surface area contributed by atoms with Crippen molar-refractivity contribution >= 4 is 28.4 Å². The second kappa shape index (κ2) is 4.82. The third-order valence-electron chi connectivity index (χ3n) is 3.54. The summed E-state index contributed by atoms with van der Waals surface area (Å²) in [6.45, 7) is 3.59. The SMILES string of the molecule is Cc1cc(C(=O)N2CCCC2)c2cccc(Cl)c2n1. The molecular formula is C15H15ClN2O. The largest absolute Gasteiger partial charge is 0.339 e. The Labute approximate surface area is 117 Å². The number of likely N-dealkylation sites (tertiary alicyclic amines) is 1. The van der Waals surface area contributed by atoms with Crippen LogP contribution in [0.5, 0.6) is 0 Å². The number of fused-ring (bicyclic) bond motifs is 1. The molecule has 1 fully saturated rings. The molecule has 0 atom stereocenters. The molecule has 0 radical (unpaired) electrons. The molecule has 2 aromatic rings. The van der Waals surface area contributed by atoms with Crippen LogP contribution < -0.4 is 0 Å². The maximum Gasteiger partial charge on any atom is 0.254 e. The molecule has 1 amide bonds. The Morgan fingerprint density at radius 3 is 2.79 bits per heavy atom. The Morgan fingerprint density at radius 2 is 2.05 bits per heavy atom. The minimum absolute atomic E-state index is 0.0928. The summed E-state index contributed by atoms with van der Waals surface area (Å²) in [4.78, 5) is 18.9. The molecule has 1 saturated heterocycles. The fraction of sp³-hybridized carbons (Fsp3) is 0.333. The molecular weight excluding hydrogens is 260 g/mol. The Bertz CT molecular complexity index is 648. The predicted molar refractivity (Wildman–Crippen MR) is 76.6 cm³/mol. The van der Waals surface area contributed by atoms with Crippen LogP contribution in [0.15, 0.2) is 24.3 Å². The van der Waals surface area contributed by atoms with Crippen molar-refractivity contribution in [2.45, 2.75) is 19.8 Å². The van der Waals surface area contributed by atoms with Crippen LogP contribution in [-0.4, -0.2) is 28.9 Å². The number of rotatable bonds is 1. The molecule has 19 heavy (non-hydrogen) atoms. The second-order valence-electron chi connectivity index (χ2n) is 4.95. The van der Waals surface area contributed by atoms with Gasteiger partial charge in [-0.3, -0.25) is 9.78 Å². The van der Waals surface area contributed by atoms with E-state index < -0.39 is 0 Å². The lowest BCUT2D eigenvalue weighted by molar-refractivity contribution is 0.0794. The highest BCUT2D eigenvalue weighted by Crippen LogP contribution is 2.26. The normalized spacial score (nSPS) is 15.2. The molecule has 0 spiro atoms. The van der Waals surface area contributed by atoms with Gasteiger partial charge >= 0.3 is 0 Å². The van der Waals surface area contributed by atoms with E-state index in [0.717, 1.165) is 37.0 Å². The van der Waals surface area contributed by atoms with E-state index >= 15 is 0 Å². The van der Waals surface area contributed by atoms with Crippen LogP contribution in [0.2, 0.25) is 5.02 Å². The van der Waals surface area contributed by atoms with Crippen LogP contribution in [0.25, 0.3) is 10.9 Å². The number of nitrogens with zero attached hydrogens (tertiary/aromatic N) is 2. The first-order chi connectivity index (χ1) is 9.16. The first-order valence-corrected chi connectivity index (χ1v) is 6.90. The maximum absolute atomic E-state index is 12.6. The molecule has 98 valence electrons. The van der Waals surface area contributed by atoms with Crippen molar-refractivity contribution in [2.24, 2.45) is 0 Å². The van der Waals surface area contributed by atoms with Gasteiger partial charge in [0, 0.05) is 24.2 Å². The van der Waals surface area contributed by atoms with Gasteiger partial charge in [-0.05, 0) is 31.9 Å². The van der Waals surface area contributed by atoms with E-state index in [1.165, 1.54) is 0 Å². The maximum atomic E-state index is 12.6. The van der Waals surface area contributed by atoms with Gasteiger partial charge in [-0.25, -0.2) is 0 Å². The average Bonchev–Trinajstić information content (AvgIpc) is 2.92. The Kier molecular flexibility index (Phi) is 3.15. The molecule has 3 nitrogen and oxygen atoms in total. The number of pyridine rings is 1. The summed E-state index contributed by atoms with van der Waals surface area (Å²) in [5.74, 6) is 0.0928. The number of para-hydroxylation sites is 1.